The van der Waals surface area contributed by atoms with Crippen LogP contribution in [0.1, 0.15) is 43.7 Å². The van der Waals surface area contributed by atoms with Crippen molar-refractivity contribution in [3.05, 3.63) is 59.7 Å². The lowest BCUT2D eigenvalue weighted by Crippen LogP contribution is -2.76. The smallest absolute Gasteiger partial charge is 0.343 e. The Morgan fingerprint density at radius 3 is 2.63 bits per heavy atom. The van der Waals surface area contributed by atoms with Crippen LogP contribution in [0.4, 0.5) is 5.69 Å². The molecule has 5 aliphatic heterocycles. The summed E-state index contributed by atoms with van der Waals surface area (Å²) in [4.78, 5) is 31.9. The Labute approximate surface area is 222 Å². The van der Waals surface area contributed by atoms with Crippen molar-refractivity contribution in [3.8, 4) is 5.75 Å². The highest BCUT2D eigenvalue weighted by molar-refractivity contribution is 5.91. The monoisotopic (exact) mass is 518 g/mol. The van der Waals surface area contributed by atoms with Gasteiger partial charge in [-0.15, -0.1) is 0 Å². The molecule has 5 heterocycles. The lowest BCUT2D eigenvalue weighted by atomic mass is 9.48. The van der Waals surface area contributed by atoms with Crippen LogP contribution in [0.5, 0.6) is 5.75 Å². The van der Waals surface area contributed by atoms with Crippen molar-refractivity contribution in [2.24, 2.45) is 5.41 Å². The van der Waals surface area contributed by atoms with E-state index in [1.807, 2.05) is 54.4 Å². The van der Waals surface area contributed by atoms with Gasteiger partial charge in [-0.3, -0.25) is 4.79 Å². The Hall–Kier alpha value is -3.10. The normalized spacial score (nSPS) is 37.7. The number of anilines is 1. The van der Waals surface area contributed by atoms with Gasteiger partial charge in [0.1, 0.15) is 11.9 Å². The molecule has 4 saturated heterocycles. The summed E-state index contributed by atoms with van der Waals surface area (Å²) in [5.74, 6) is 0.390. The van der Waals surface area contributed by atoms with Gasteiger partial charge in [0.05, 0.1) is 32.3 Å². The van der Waals surface area contributed by atoms with Crippen molar-refractivity contribution in [2.75, 3.05) is 32.7 Å². The van der Waals surface area contributed by atoms with Crippen LogP contribution in [0.2, 0.25) is 0 Å². The predicted octanol–water partition coefficient (Wildman–Crippen LogP) is 3.41. The van der Waals surface area contributed by atoms with Crippen molar-refractivity contribution in [1.29, 1.82) is 0 Å². The number of methoxy groups -OCH3 is 2. The van der Waals surface area contributed by atoms with Crippen LogP contribution in [0.3, 0.4) is 0 Å². The first-order valence-corrected chi connectivity index (χ1v) is 13.5. The lowest BCUT2D eigenvalue weighted by Gasteiger charge is -2.60. The van der Waals surface area contributed by atoms with Gasteiger partial charge in [0.15, 0.2) is 5.72 Å². The highest BCUT2D eigenvalue weighted by Gasteiger charge is 2.95. The Morgan fingerprint density at radius 2 is 1.92 bits per heavy atom. The third-order valence-electron chi connectivity index (χ3n) is 10.4. The topological polar surface area (TPSA) is 77.5 Å². The fraction of sp³-hybridized carbons (Fsp3) is 0.533. The van der Waals surface area contributed by atoms with Gasteiger partial charge in [-0.25, -0.2) is 4.79 Å². The van der Waals surface area contributed by atoms with E-state index in [0.29, 0.717) is 38.8 Å². The van der Waals surface area contributed by atoms with E-state index in [2.05, 4.69) is 17.9 Å². The summed E-state index contributed by atoms with van der Waals surface area (Å²) in [5.41, 5.74) is -0.488. The van der Waals surface area contributed by atoms with Gasteiger partial charge < -0.3 is 28.7 Å². The first-order valence-electron chi connectivity index (χ1n) is 13.5. The number of likely N-dealkylation sites (N-methyl/N-ethyl adjacent to an activating group) is 1. The molecule has 38 heavy (non-hydrogen) atoms. The Kier molecular flexibility index (Phi) is 4.88. The maximum absolute atomic E-state index is 14.1. The number of fused-ring (bicyclic) bond motifs is 3. The van der Waals surface area contributed by atoms with Gasteiger partial charge in [-0.05, 0) is 36.5 Å². The Bertz CT molecular complexity index is 1330. The second-order valence-corrected chi connectivity index (χ2v) is 11.4. The van der Waals surface area contributed by atoms with E-state index < -0.39 is 40.3 Å². The van der Waals surface area contributed by atoms with Crippen LogP contribution in [-0.4, -0.2) is 68.1 Å². The molecule has 0 aliphatic carbocycles. The molecule has 8 nitrogen and oxygen atoms in total. The molecule has 200 valence electrons. The Morgan fingerprint density at radius 1 is 1.13 bits per heavy atom. The maximum Gasteiger partial charge on any atom is 0.343 e. The van der Waals surface area contributed by atoms with Crippen molar-refractivity contribution in [2.45, 2.75) is 68.1 Å². The van der Waals surface area contributed by atoms with Crippen LogP contribution >= 0.6 is 0 Å². The van der Waals surface area contributed by atoms with E-state index in [0.717, 1.165) is 22.6 Å². The molecule has 2 aromatic rings. The second kappa shape index (κ2) is 7.73. The van der Waals surface area contributed by atoms with Crippen LogP contribution in [0.15, 0.2) is 48.5 Å². The minimum atomic E-state index is -1.41. The molecule has 2 bridgehead atoms. The molecule has 0 N–H and O–H groups in total. The molecule has 2 aromatic carbocycles. The zero-order valence-corrected chi connectivity index (χ0v) is 22.4. The highest BCUT2D eigenvalue weighted by atomic mass is 16.6. The maximum atomic E-state index is 14.1. The van der Waals surface area contributed by atoms with Gasteiger partial charge in [0.2, 0.25) is 11.5 Å². The third kappa shape index (κ3) is 2.33. The van der Waals surface area contributed by atoms with Crippen LogP contribution in [-0.2, 0) is 35.8 Å². The van der Waals surface area contributed by atoms with Crippen molar-refractivity contribution < 1.29 is 28.5 Å². The van der Waals surface area contributed by atoms with E-state index in [1.54, 1.807) is 7.11 Å². The average molecular weight is 519 g/mol. The molecule has 4 fully saturated rings. The molecule has 1 amide bonds. The zero-order chi connectivity index (χ0) is 26.5. The Balaban J connectivity index is 1.50. The highest BCUT2D eigenvalue weighted by Crippen LogP contribution is 2.80. The van der Waals surface area contributed by atoms with Crippen LogP contribution < -0.4 is 9.64 Å². The first kappa shape index (κ1) is 24.0. The minimum absolute atomic E-state index is 0.0821. The summed E-state index contributed by atoms with van der Waals surface area (Å²) in [5, 5.41) is 0. The van der Waals surface area contributed by atoms with Crippen LogP contribution in [0, 0.1) is 5.41 Å². The van der Waals surface area contributed by atoms with E-state index in [4.69, 9.17) is 18.9 Å². The quantitative estimate of drug-likeness (QED) is 0.543. The summed E-state index contributed by atoms with van der Waals surface area (Å²) in [7, 11) is 5.09. The van der Waals surface area contributed by atoms with Gasteiger partial charge in [0.25, 0.3) is 0 Å². The number of carbonyl (C=O) groups is 2. The standard InChI is InChI=1S/C30H34N2O6/c1-5-27-14-13-23(33)32-16-15-28-21-12-11-20(35-3)17-22(21)31(2)24(28)29(26(34)36-4,38-30(27,28)32)25(27)37-18-19-9-7-6-8-10-19/h6-12,17,24-25H,5,13-16,18H2,1-4H3/t24-,25+,27+,28+,29+,30+/m1/s1. The van der Waals surface area contributed by atoms with E-state index in [9.17, 15) is 9.59 Å². The third-order valence-corrected chi connectivity index (χ3v) is 10.4. The fourth-order valence-corrected chi connectivity index (χ4v) is 9.24. The number of hydrogen-bond acceptors (Lipinski definition) is 7. The summed E-state index contributed by atoms with van der Waals surface area (Å²) in [6.07, 6.45) is 1.82. The van der Waals surface area contributed by atoms with Gasteiger partial charge in [-0.2, -0.15) is 0 Å². The molecule has 0 saturated carbocycles. The molecular formula is C30H34N2O6. The molecule has 7 rings (SSSR count). The van der Waals surface area contributed by atoms with Crippen molar-refractivity contribution in [3.63, 3.8) is 0 Å². The molecule has 5 aliphatic rings. The summed E-state index contributed by atoms with van der Waals surface area (Å²) < 4.78 is 25.2. The minimum Gasteiger partial charge on any atom is -0.497 e. The number of rotatable bonds is 6. The molecule has 8 heteroatoms. The second-order valence-electron chi connectivity index (χ2n) is 11.4. The van der Waals surface area contributed by atoms with Gasteiger partial charge >= 0.3 is 5.97 Å². The first-order chi connectivity index (χ1) is 18.4. The number of hydrogen-bond donors (Lipinski definition) is 0. The number of benzene rings is 2. The number of esters is 1. The molecule has 0 radical (unpaired) electrons. The fourth-order valence-electron chi connectivity index (χ4n) is 9.24. The SMILES string of the molecule is CC[C@@]12CCC(=O)N3CC[C@]45c6ccc(OC)cc6N(C)[C@H]4[C@](C(=O)OC)(O[C@@]315)[C@H]2OCc1ccccc1. The zero-order valence-electron chi connectivity index (χ0n) is 22.4. The molecule has 0 unspecified atom stereocenters. The van der Waals surface area contributed by atoms with Crippen LogP contribution in [0.25, 0.3) is 0 Å². The van der Waals surface area contributed by atoms with Crippen molar-refractivity contribution >= 4 is 17.6 Å². The van der Waals surface area contributed by atoms with Crippen molar-refractivity contribution in [1.82, 2.24) is 4.90 Å². The van der Waals surface area contributed by atoms with Gasteiger partial charge in [-0.1, -0.05) is 43.3 Å². The van der Waals surface area contributed by atoms with E-state index in [1.165, 1.54) is 7.11 Å². The molecule has 6 atom stereocenters. The van der Waals surface area contributed by atoms with Gasteiger partial charge in [0, 0.05) is 37.2 Å². The largest absolute Gasteiger partial charge is 0.497 e. The van der Waals surface area contributed by atoms with E-state index in [-0.39, 0.29) is 5.91 Å². The van der Waals surface area contributed by atoms with E-state index >= 15 is 0 Å². The predicted molar refractivity (Wildman–Crippen MR) is 139 cm³/mol. The average Bonchev–Trinajstić information content (AvgIpc) is 3.60. The number of ether oxygens (including phenoxy) is 4. The number of nitrogens with zero attached hydrogens (tertiary/aromatic N) is 2. The lowest BCUT2D eigenvalue weighted by molar-refractivity contribution is -0.214. The summed E-state index contributed by atoms with van der Waals surface area (Å²) in [6.45, 7) is 3.06. The number of carbonyl (C=O) groups excluding carboxylic acids is 2. The number of piperidine rings is 1. The summed E-state index contributed by atoms with van der Waals surface area (Å²) in [6, 6.07) is 15.7. The molecular weight excluding hydrogens is 484 g/mol. The summed E-state index contributed by atoms with van der Waals surface area (Å²) >= 11 is 0. The number of amides is 1. The molecule has 0 aromatic heterocycles. The molecule has 2 spiro atoms.